The third-order valence-corrected chi connectivity index (χ3v) is 18.3. The number of aryl methyl sites for hydroxylation is 1. The van der Waals surface area contributed by atoms with Crippen molar-refractivity contribution >= 4 is 57.8 Å². The fourth-order valence-electron chi connectivity index (χ4n) is 11.8. The Labute approximate surface area is 444 Å². The van der Waals surface area contributed by atoms with Crippen LogP contribution in [0, 0.1) is 18.8 Å². The highest BCUT2D eigenvalue weighted by Gasteiger charge is 2.38. The molecule has 0 saturated heterocycles. The molecule has 6 heteroatoms. The molecule has 4 nitrogen and oxygen atoms in total. The second-order valence-electron chi connectivity index (χ2n) is 21.2. The van der Waals surface area contributed by atoms with Crippen molar-refractivity contribution in [1.82, 2.24) is 0 Å². The van der Waals surface area contributed by atoms with E-state index in [9.17, 15) is 0 Å². The second kappa shape index (κ2) is 24.0. The standard InChI is InChI=1S/C67H72N2O2S2/c1-4-6-9-13-46-19-23-48(24-20-46)50-27-29-51(30-28-50)53-33-39-57(40-34-53)73-61-44-43-60(72-56-37-17-45(3)18-38-56)64-65(61)66(70)62-58(68-54-15-11-8-12-16-54)41-42-59(63(62)67(64)71)69-55-35-31-52(32-36-55)49-25-21-47(22-26-49)14-10-7-5-2/h8,11-12,15-18,27-44,46-49,68-69H,4-7,9-10,13-14,19-26H2,1-3H3. The average Bonchev–Trinajstić information content (AvgIpc) is 3.43. The zero-order chi connectivity index (χ0) is 50.1. The van der Waals surface area contributed by atoms with Gasteiger partial charge in [-0.3, -0.25) is 9.59 Å². The lowest BCUT2D eigenvalue weighted by Crippen LogP contribution is -2.25. The number of hydrogen-bond donors (Lipinski definition) is 2. The molecular formula is C67H72N2O2S2. The molecule has 0 aromatic heterocycles. The van der Waals surface area contributed by atoms with Crippen molar-refractivity contribution in [2.45, 2.75) is 155 Å². The summed E-state index contributed by atoms with van der Waals surface area (Å²) in [5.41, 5.74) is 11.0. The van der Waals surface area contributed by atoms with Crippen molar-refractivity contribution in [2.24, 2.45) is 11.8 Å². The van der Waals surface area contributed by atoms with Crippen LogP contribution in [0.1, 0.15) is 177 Å². The maximum absolute atomic E-state index is 15.7. The molecule has 10 rings (SSSR count). The summed E-state index contributed by atoms with van der Waals surface area (Å²) in [5.74, 6) is 2.69. The lowest BCUT2D eigenvalue weighted by Gasteiger charge is -2.29. The number of fused-ring (bicyclic) bond motifs is 2. The van der Waals surface area contributed by atoms with Gasteiger partial charge in [-0.15, -0.1) is 0 Å². The van der Waals surface area contributed by atoms with Gasteiger partial charge in [-0.25, -0.2) is 0 Å². The summed E-state index contributed by atoms with van der Waals surface area (Å²) in [6.07, 6.45) is 21.2. The Hall–Kier alpha value is -5.82. The highest BCUT2D eigenvalue weighted by atomic mass is 32.2. The number of benzene rings is 7. The first-order chi connectivity index (χ1) is 35.8. The first kappa shape index (κ1) is 50.7. The number of carbonyl (C=O) groups excluding carboxylic acids is 2. The molecule has 3 aliphatic carbocycles. The quantitative estimate of drug-likeness (QED) is 0.0787. The Morgan fingerprint density at radius 1 is 0.425 bits per heavy atom. The lowest BCUT2D eigenvalue weighted by molar-refractivity contribution is 0.0976. The van der Waals surface area contributed by atoms with Gasteiger partial charge in [-0.2, -0.15) is 0 Å². The van der Waals surface area contributed by atoms with Gasteiger partial charge in [0, 0.05) is 42.1 Å². The summed E-state index contributed by atoms with van der Waals surface area (Å²) >= 11 is 3.08. The molecule has 374 valence electrons. The van der Waals surface area contributed by atoms with Crippen molar-refractivity contribution < 1.29 is 9.59 Å². The van der Waals surface area contributed by atoms with Crippen LogP contribution in [0.5, 0.6) is 0 Å². The SMILES string of the molecule is CCCCCC1CCC(c2ccc(Nc3ccc(Nc4ccccc4)c4c3C(=O)c3c(Sc5ccc(C)cc5)ccc(Sc5ccc(-c6ccc(C7CCC(CCCCC)CC7)cc6)cc5)c3C4=O)cc2)CC1. The summed E-state index contributed by atoms with van der Waals surface area (Å²) < 4.78 is 0. The minimum Gasteiger partial charge on any atom is -0.355 e. The fraction of sp³-hybridized carbons (Fsp3) is 0.343. The molecule has 0 heterocycles. The lowest BCUT2D eigenvalue weighted by atomic mass is 9.77. The number of anilines is 4. The van der Waals surface area contributed by atoms with E-state index < -0.39 is 0 Å². The Morgan fingerprint density at radius 2 is 0.836 bits per heavy atom. The largest absolute Gasteiger partial charge is 0.355 e. The van der Waals surface area contributed by atoms with Crippen LogP contribution < -0.4 is 10.6 Å². The molecule has 0 spiro atoms. The van der Waals surface area contributed by atoms with Crippen molar-refractivity contribution in [1.29, 1.82) is 0 Å². The molecule has 3 aliphatic rings. The van der Waals surface area contributed by atoms with Crippen molar-refractivity contribution in [3.8, 4) is 11.1 Å². The highest BCUT2D eigenvalue weighted by molar-refractivity contribution is 8.00. The van der Waals surface area contributed by atoms with E-state index in [1.165, 1.54) is 137 Å². The van der Waals surface area contributed by atoms with Gasteiger partial charge < -0.3 is 10.6 Å². The first-order valence-corrected chi connectivity index (χ1v) is 29.2. The van der Waals surface area contributed by atoms with Gasteiger partial charge in [-0.05, 0) is 177 Å². The molecule has 73 heavy (non-hydrogen) atoms. The summed E-state index contributed by atoms with van der Waals surface area (Å²) in [6.45, 7) is 6.66. The molecule has 0 atom stereocenters. The van der Waals surface area contributed by atoms with Crippen LogP contribution in [0.2, 0.25) is 0 Å². The summed E-state index contributed by atoms with van der Waals surface area (Å²) in [4.78, 5) is 34.9. The van der Waals surface area contributed by atoms with E-state index in [0.29, 0.717) is 45.5 Å². The molecule has 0 aliphatic heterocycles. The number of nitrogens with one attached hydrogen (secondary N) is 2. The fourth-order valence-corrected chi connectivity index (χ4v) is 13.8. The predicted molar refractivity (Wildman–Crippen MR) is 308 cm³/mol. The Kier molecular flexibility index (Phi) is 16.7. The molecular weight excluding hydrogens is 929 g/mol. The number of para-hydroxylation sites is 1. The zero-order valence-electron chi connectivity index (χ0n) is 43.2. The monoisotopic (exact) mass is 1000 g/mol. The summed E-state index contributed by atoms with van der Waals surface area (Å²) in [5, 5.41) is 7.17. The number of ketones is 2. The normalized spacial score (nSPS) is 18.5. The minimum absolute atomic E-state index is 0.160. The molecule has 2 saturated carbocycles. The van der Waals surface area contributed by atoms with Gasteiger partial charge >= 0.3 is 0 Å². The van der Waals surface area contributed by atoms with Gasteiger partial charge in [0.05, 0.1) is 22.5 Å². The summed E-state index contributed by atoms with van der Waals surface area (Å²) in [6, 6.07) is 52.9. The molecule has 0 bridgehead atoms. The zero-order valence-corrected chi connectivity index (χ0v) is 44.8. The van der Waals surface area contributed by atoms with E-state index >= 15 is 9.59 Å². The van der Waals surface area contributed by atoms with Crippen LogP contribution in [0.3, 0.4) is 0 Å². The van der Waals surface area contributed by atoms with Crippen LogP contribution >= 0.6 is 23.5 Å². The molecule has 7 aromatic rings. The predicted octanol–water partition coefficient (Wildman–Crippen LogP) is 19.9. The molecule has 2 fully saturated rings. The van der Waals surface area contributed by atoms with Crippen LogP contribution in [-0.2, 0) is 0 Å². The third-order valence-electron chi connectivity index (χ3n) is 16.1. The van der Waals surface area contributed by atoms with Crippen molar-refractivity contribution in [3.63, 3.8) is 0 Å². The second-order valence-corrected chi connectivity index (χ2v) is 23.4. The molecule has 2 N–H and O–H groups in total. The van der Waals surface area contributed by atoms with E-state index in [-0.39, 0.29) is 11.6 Å². The Morgan fingerprint density at radius 3 is 1.29 bits per heavy atom. The van der Waals surface area contributed by atoms with Gasteiger partial charge in [-0.1, -0.05) is 173 Å². The van der Waals surface area contributed by atoms with E-state index in [2.05, 4.69) is 128 Å². The number of rotatable bonds is 19. The van der Waals surface area contributed by atoms with E-state index in [1.54, 1.807) is 11.8 Å². The Bertz CT molecular complexity index is 2970. The van der Waals surface area contributed by atoms with E-state index in [0.717, 1.165) is 48.4 Å². The van der Waals surface area contributed by atoms with Gasteiger partial charge in [0.2, 0.25) is 0 Å². The van der Waals surface area contributed by atoms with Gasteiger partial charge in [0.1, 0.15) is 0 Å². The van der Waals surface area contributed by atoms with Gasteiger partial charge in [0.15, 0.2) is 11.6 Å². The number of carbonyl (C=O) groups is 2. The molecule has 0 radical (unpaired) electrons. The Balaban J connectivity index is 0.936. The minimum atomic E-state index is -0.164. The number of hydrogen-bond acceptors (Lipinski definition) is 6. The van der Waals surface area contributed by atoms with E-state index in [4.69, 9.17) is 0 Å². The molecule has 0 amide bonds. The highest BCUT2D eigenvalue weighted by Crippen LogP contribution is 2.47. The number of unbranched alkanes of at least 4 members (excludes halogenated alkanes) is 4. The average molecular weight is 1000 g/mol. The van der Waals surface area contributed by atoms with Crippen LogP contribution in [0.25, 0.3) is 11.1 Å². The van der Waals surface area contributed by atoms with Crippen molar-refractivity contribution in [3.05, 3.63) is 191 Å². The first-order valence-electron chi connectivity index (χ1n) is 27.6. The van der Waals surface area contributed by atoms with Crippen LogP contribution in [0.4, 0.5) is 22.7 Å². The molecule has 0 unspecified atom stereocenters. The maximum Gasteiger partial charge on any atom is 0.197 e. The molecule has 7 aromatic carbocycles. The smallest absolute Gasteiger partial charge is 0.197 e. The topological polar surface area (TPSA) is 58.2 Å². The van der Waals surface area contributed by atoms with Crippen LogP contribution in [0.15, 0.2) is 171 Å². The third kappa shape index (κ3) is 12.1. The van der Waals surface area contributed by atoms with Crippen molar-refractivity contribution in [2.75, 3.05) is 10.6 Å². The van der Waals surface area contributed by atoms with Crippen LogP contribution in [-0.4, -0.2) is 11.6 Å². The maximum atomic E-state index is 15.7. The van der Waals surface area contributed by atoms with E-state index in [1.807, 2.05) is 54.6 Å². The summed E-state index contributed by atoms with van der Waals surface area (Å²) in [7, 11) is 0. The van der Waals surface area contributed by atoms with Gasteiger partial charge in [0.25, 0.3) is 0 Å².